The van der Waals surface area contributed by atoms with Crippen LogP contribution in [0.3, 0.4) is 0 Å². The summed E-state index contributed by atoms with van der Waals surface area (Å²) < 4.78 is 0. The van der Waals surface area contributed by atoms with Crippen LogP contribution in [0, 0.1) is 0 Å². The first-order valence-electron chi connectivity index (χ1n) is 3.05. The van der Waals surface area contributed by atoms with E-state index in [0.717, 1.165) is 10.8 Å². The van der Waals surface area contributed by atoms with Crippen molar-refractivity contribution in [2.24, 2.45) is 0 Å². The molecule has 0 unspecified atom stereocenters. The lowest BCUT2D eigenvalue weighted by atomic mass is 10.5. The van der Waals surface area contributed by atoms with E-state index >= 15 is 0 Å². The van der Waals surface area contributed by atoms with Crippen molar-refractivity contribution >= 4 is 17.6 Å². The van der Waals surface area contributed by atoms with E-state index in [1.165, 1.54) is 0 Å². The van der Waals surface area contributed by atoms with Crippen molar-refractivity contribution < 1.29 is 0 Å². The van der Waals surface area contributed by atoms with Gasteiger partial charge in [0, 0.05) is 7.05 Å². The molecule has 10 heavy (non-hydrogen) atoms. The molecule has 0 atom stereocenters. The van der Waals surface area contributed by atoms with Gasteiger partial charge in [0.05, 0.1) is 5.03 Å². The zero-order valence-electron chi connectivity index (χ0n) is 6.09. The fourth-order valence-corrected chi connectivity index (χ4v) is 1.07. The molecule has 2 nitrogen and oxygen atoms in total. The molecule has 0 saturated carbocycles. The van der Waals surface area contributed by atoms with Gasteiger partial charge in [-0.05, 0) is 18.4 Å². The first-order valence-corrected chi connectivity index (χ1v) is 4.28. The van der Waals surface area contributed by atoms with Crippen LogP contribution >= 0.6 is 11.8 Å². The third-order valence-electron chi connectivity index (χ3n) is 1.19. The van der Waals surface area contributed by atoms with Gasteiger partial charge in [-0.3, -0.25) is 0 Å². The lowest BCUT2D eigenvalue weighted by Crippen LogP contribution is -1.91. The van der Waals surface area contributed by atoms with Crippen molar-refractivity contribution in [3.63, 3.8) is 0 Å². The summed E-state index contributed by atoms with van der Waals surface area (Å²) in [6, 6.07) is 5.93. The Bertz CT molecular complexity index is 193. The maximum atomic E-state index is 4.26. The van der Waals surface area contributed by atoms with E-state index in [9.17, 15) is 0 Å². The molecule has 0 amide bonds. The average Bonchev–Trinajstić information content (AvgIpc) is 2.05. The van der Waals surface area contributed by atoms with Crippen LogP contribution in [0.4, 0.5) is 5.82 Å². The Morgan fingerprint density at radius 2 is 2.30 bits per heavy atom. The predicted octanol–water partition coefficient (Wildman–Crippen LogP) is 1.85. The molecule has 1 aromatic rings. The fraction of sp³-hybridized carbons (Fsp3) is 0.286. The van der Waals surface area contributed by atoms with E-state index in [1.807, 2.05) is 31.5 Å². The summed E-state index contributed by atoms with van der Waals surface area (Å²) in [5.74, 6) is 0.923. The zero-order valence-corrected chi connectivity index (χ0v) is 6.90. The highest BCUT2D eigenvalue weighted by atomic mass is 32.2. The standard InChI is InChI=1S/C7H10N2S/c1-8-6-4-3-5-7(9-6)10-2/h3-5H,1-2H3,(H,8,9). The minimum atomic E-state index is 0.923. The minimum Gasteiger partial charge on any atom is -0.373 e. The molecular weight excluding hydrogens is 144 g/mol. The van der Waals surface area contributed by atoms with E-state index in [-0.39, 0.29) is 0 Å². The predicted molar refractivity (Wildman–Crippen MR) is 45.6 cm³/mol. The van der Waals surface area contributed by atoms with Crippen LogP contribution < -0.4 is 5.32 Å². The molecule has 1 heterocycles. The highest BCUT2D eigenvalue weighted by molar-refractivity contribution is 7.98. The highest BCUT2D eigenvalue weighted by Gasteiger charge is 1.91. The Hall–Kier alpha value is -0.700. The first-order chi connectivity index (χ1) is 4.86. The summed E-state index contributed by atoms with van der Waals surface area (Å²) in [7, 11) is 1.87. The minimum absolute atomic E-state index is 0.923. The summed E-state index contributed by atoms with van der Waals surface area (Å²) in [5.41, 5.74) is 0. The van der Waals surface area contributed by atoms with Gasteiger partial charge in [0.1, 0.15) is 5.82 Å². The number of rotatable bonds is 2. The molecule has 0 aromatic carbocycles. The second kappa shape index (κ2) is 3.46. The van der Waals surface area contributed by atoms with Gasteiger partial charge in [0.2, 0.25) is 0 Å². The number of hydrogen-bond acceptors (Lipinski definition) is 3. The van der Waals surface area contributed by atoms with E-state index in [1.54, 1.807) is 11.8 Å². The van der Waals surface area contributed by atoms with Gasteiger partial charge < -0.3 is 5.32 Å². The number of aromatic nitrogens is 1. The largest absolute Gasteiger partial charge is 0.373 e. The van der Waals surface area contributed by atoms with E-state index in [2.05, 4.69) is 10.3 Å². The van der Waals surface area contributed by atoms with Crippen molar-refractivity contribution in [3.05, 3.63) is 18.2 Å². The van der Waals surface area contributed by atoms with Gasteiger partial charge in [-0.15, -0.1) is 11.8 Å². The lowest BCUT2D eigenvalue weighted by Gasteiger charge is -1.99. The summed E-state index contributed by atoms with van der Waals surface area (Å²) >= 11 is 1.65. The molecule has 54 valence electrons. The van der Waals surface area contributed by atoms with Gasteiger partial charge in [-0.25, -0.2) is 4.98 Å². The third-order valence-corrected chi connectivity index (χ3v) is 1.83. The average molecular weight is 154 g/mol. The van der Waals surface area contributed by atoms with Gasteiger partial charge in [0.25, 0.3) is 0 Å². The second-order valence-electron chi connectivity index (χ2n) is 1.82. The van der Waals surface area contributed by atoms with Crippen molar-refractivity contribution in [2.75, 3.05) is 18.6 Å². The fourth-order valence-electron chi connectivity index (χ4n) is 0.668. The van der Waals surface area contributed by atoms with Gasteiger partial charge in [-0.1, -0.05) is 6.07 Å². The molecule has 3 heteroatoms. The number of thioether (sulfide) groups is 1. The maximum Gasteiger partial charge on any atom is 0.126 e. The van der Waals surface area contributed by atoms with Crippen molar-refractivity contribution in [1.82, 2.24) is 4.98 Å². The van der Waals surface area contributed by atoms with Crippen LogP contribution in [-0.2, 0) is 0 Å². The van der Waals surface area contributed by atoms with E-state index in [0.29, 0.717) is 0 Å². The maximum absolute atomic E-state index is 4.26. The Kier molecular flexibility index (Phi) is 2.57. The van der Waals surface area contributed by atoms with Gasteiger partial charge in [-0.2, -0.15) is 0 Å². The zero-order chi connectivity index (χ0) is 7.40. The van der Waals surface area contributed by atoms with E-state index < -0.39 is 0 Å². The molecule has 0 radical (unpaired) electrons. The first kappa shape index (κ1) is 7.41. The Balaban J connectivity index is 2.87. The normalized spacial score (nSPS) is 9.40. The smallest absolute Gasteiger partial charge is 0.126 e. The number of anilines is 1. The summed E-state index contributed by atoms with van der Waals surface area (Å²) in [5, 5.41) is 4.03. The van der Waals surface area contributed by atoms with Crippen LogP contribution in [0.15, 0.2) is 23.2 Å². The van der Waals surface area contributed by atoms with Crippen LogP contribution in [0.2, 0.25) is 0 Å². The van der Waals surface area contributed by atoms with Crippen LogP contribution in [0.5, 0.6) is 0 Å². The molecule has 0 bridgehead atoms. The van der Waals surface area contributed by atoms with Gasteiger partial charge >= 0.3 is 0 Å². The van der Waals surface area contributed by atoms with Crippen LogP contribution in [-0.4, -0.2) is 18.3 Å². The second-order valence-corrected chi connectivity index (χ2v) is 2.64. The third kappa shape index (κ3) is 1.64. The highest BCUT2D eigenvalue weighted by Crippen LogP contribution is 2.12. The molecule has 0 fully saturated rings. The van der Waals surface area contributed by atoms with Crippen molar-refractivity contribution in [2.45, 2.75) is 5.03 Å². The van der Waals surface area contributed by atoms with Crippen molar-refractivity contribution in [3.8, 4) is 0 Å². The van der Waals surface area contributed by atoms with Crippen LogP contribution in [0.1, 0.15) is 0 Å². The van der Waals surface area contributed by atoms with Crippen LogP contribution in [0.25, 0.3) is 0 Å². The molecule has 1 rings (SSSR count). The summed E-state index contributed by atoms with van der Waals surface area (Å²) in [6.45, 7) is 0. The summed E-state index contributed by atoms with van der Waals surface area (Å²) in [4.78, 5) is 4.26. The topological polar surface area (TPSA) is 24.9 Å². The molecule has 0 aliphatic heterocycles. The molecule has 0 spiro atoms. The number of hydrogen-bond donors (Lipinski definition) is 1. The molecule has 1 N–H and O–H groups in total. The molecular formula is C7H10N2S. The Morgan fingerprint density at radius 3 is 2.90 bits per heavy atom. The number of pyridine rings is 1. The van der Waals surface area contributed by atoms with Gasteiger partial charge in [0.15, 0.2) is 0 Å². The quantitative estimate of drug-likeness (QED) is 0.658. The van der Waals surface area contributed by atoms with Crippen molar-refractivity contribution in [1.29, 1.82) is 0 Å². The molecule has 0 saturated heterocycles. The molecule has 1 aromatic heterocycles. The molecule has 0 aliphatic carbocycles. The monoisotopic (exact) mass is 154 g/mol. The summed E-state index contributed by atoms with van der Waals surface area (Å²) in [6.07, 6.45) is 2.02. The number of nitrogens with zero attached hydrogens (tertiary/aromatic N) is 1. The Morgan fingerprint density at radius 1 is 1.50 bits per heavy atom. The molecule has 0 aliphatic rings. The lowest BCUT2D eigenvalue weighted by molar-refractivity contribution is 1.13. The van der Waals surface area contributed by atoms with E-state index in [4.69, 9.17) is 0 Å². The SMILES string of the molecule is CNc1cccc(SC)n1. The number of nitrogens with one attached hydrogen (secondary N) is 1. The Labute approximate surface area is 65.1 Å².